The SMILES string of the molecule is CNCC1CCN(C(=O)CCCOc2cccc(C)c2)C1. The summed E-state index contributed by atoms with van der Waals surface area (Å²) in [6.45, 7) is 5.46. The maximum Gasteiger partial charge on any atom is 0.222 e. The molecule has 1 aliphatic rings. The number of ether oxygens (including phenoxy) is 1. The van der Waals surface area contributed by atoms with Gasteiger partial charge in [0, 0.05) is 19.5 Å². The summed E-state index contributed by atoms with van der Waals surface area (Å²) in [5.74, 6) is 1.77. The van der Waals surface area contributed by atoms with Gasteiger partial charge in [-0.3, -0.25) is 4.79 Å². The third-order valence-electron chi connectivity index (χ3n) is 3.92. The summed E-state index contributed by atoms with van der Waals surface area (Å²) in [5.41, 5.74) is 1.19. The number of carbonyl (C=O) groups excluding carboxylic acids is 1. The average molecular weight is 290 g/mol. The van der Waals surface area contributed by atoms with Gasteiger partial charge in [0.2, 0.25) is 5.91 Å². The zero-order valence-electron chi connectivity index (χ0n) is 13.1. The van der Waals surface area contributed by atoms with E-state index in [1.807, 2.05) is 43.1 Å². The van der Waals surface area contributed by atoms with Crippen LogP contribution in [0.1, 0.15) is 24.8 Å². The lowest BCUT2D eigenvalue weighted by molar-refractivity contribution is -0.130. The summed E-state index contributed by atoms with van der Waals surface area (Å²) < 4.78 is 5.68. The lowest BCUT2D eigenvalue weighted by Gasteiger charge is -2.16. The molecule has 1 amide bonds. The molecule has 0 bridgehead atoms. The molecule has 1 saturated heterocycles. The van der Waals surface area contributed by atoms with Gasteiger partial charge in [-0.2, -0.15) is 0 Å². The van der Waals surface area contributed by atoms with Gasteiger partial charge in [-0.1, -0.05) is 12.1 Å². The predicted molar refractivity (Wildman–Crippen MR) is 84.5 cm³/mol. The molecule has 1 aromatic carbocycles. The Kier molecular flexibility index (Phi) is 6.05. The van der Waals surface area contributed by atoms with Gasteiger partial charge in [0.15, 0.2) is 0 Å². The monoisotopic (exact) mass is 290 g/mol. The van der Waals surface area contributed by atoms with Gasteiger partial charge in [0.1, 0.15) is 5.75 Å². The van der Waals surface area contributed by atoms with Gasteiger partial charge in [0.25, 0.3) is 0 Å². The van der Waals surface area contributed by atoms with Crippen LogP contribution in [0.2, 0.25) is 0 Å². The number of aryl methyl sites for hydroxylation is 1. The van der Waals surface area contributed by atoms with Gasteiger partial charge >= 0.3 is 0 Å². The number of benzene rings is 1. The van der Waals surface area contributed by atoms with E-state index in [1.165, 1.54) is 5.56 Å². The molecule has 1 atom stereocenters. The molecule has 2 rings (SSSR count). The van der Waals surface area contributed by atoms with Crippen molar-refractivity contribution in [3.05, 3.63) is 29.8 Å². The molecule has 0 radical (unpaired) electrons. The standard InChI is InChI=1S/C17H26N2O2/c1-14-5-3-6-16(11-14)21-10-4-7-17(20)19-9-8-15(13-19)12-18-2/h3,5-6,11,15,18H,4,7-10,12-13H2,1-2H3. The van der Waals surface area contributed by atoms with E-state index < -0.39 is 0 Å². The van der Waals surface area contributed by atoms with Crippen LogP contribution < -0.4 is 10.1 Å². The molecule has 0 spiro atoms. The molecule has 0 aliphatic carbocycles. The highest BCUT2D eigenvalue weighted by Gasteiger charge is 2.25. The lowest BCUT2D eigenvalue weighted by Crippen LogP contribution is -2.30. The molecule has 1 aromatic rings. The molecular weight excluding hydrogens is 264 g/mol. The summed E-state index contributed by atoms with van der Waals surface area (Å²) in [4.78, 5) is 14.1. The number of nitrogens with one attached hydrogen (secondary N) is 1. The van der Waals surface area contributed by atoms with Crippen molar-refractivity contribution >= 4 is 5.91 Å². The minimum atomic E-state index is 0.265. The maximum absolute atomic E-state index is 12.1. The zero-order chi connectivity index (χ0) is 15.1. The van der Waals surface area contributed by atoms with E-state index in [1.54, 1.807) is 0 Å². The molecule has 0 saturated carbocycles. The summed E-state index contributed by atoms with van der Waals surface area (Å²) >= 11 is 0. The van der Waals surface area contributed by atoms with Crippen molar-refractivity contribution in [2.24, 2.45) is 5.92 Å². The molecule has 1 unspecified atom stereocenters. The van der Waals surface area contributed by atoms with E-state index >= 15 is 0 Å². The molecule has 4 nitrogen and oxygen atoms in total. The third-order valence-corrected chi connectivity index (χ3v) is 3.92. The number of hydrogen-bond acceptors (Lipinski definition) is 3. The Bertz CT molecular complexity index is 462. The van der Waals surface area contributed by atoms with E-state index in [0.29, 0.717) is 18.9 Å². The summed E-state index contributed by atoms with van der Waals surface area (Å²) in [7, 11) is 1.97. The van der Waals surface area contributed by atoms with Gasteiger partial charge in [0.05, 0.1) is 6.61 Å². The number of rotatable bonds is 7. The second-order valence-electron chi connectivity index (χ2n) is 5.82. The van der Waals surface area contributed by atoms with Crippen molar-refractivity contribution in [2.75, 3.05) is 33.3 Å². The quantitative estimate of drug-likeness (QED) is 0.783. The number of amides is 1. The molecule has 4 heteroatoms. The van der Waals surface area contributed by atoms with Crippen LogP contribution in [0.3, 0.4) is 0 Å². The smallest absolute Gasteiger partial charge is 0.222 e. The topological polar surface area (TPSA) is 41.6 Å². The average Bonchev–Trinajstić information content (AvgIpc) is 2.93. The Morgan fingerprint density at radius 1 is 1.48 bits per heavy atom. The third kappa shape index (κ3) is 5.05. The number of carbonyl (C=O) groups is 1. The van der Waals surface area contributed by atoms with Crippen molar-refractivity contribution in [1.82, 2.24) is 10.2 Å². The van der Waals surface area contributed by atoms with Crippen molar-refractivity contribution in [1.29, 1.82) is 0 Å². The lowest BCUT2D eigenvalue weighted by atomic mass is 10.1. The van der Waals surface area contributed by atoms with E-state index in [0.717, 1.165) is 38.2 Å². The zero-order valence-corrected chi connectivity index (χ0v) is 13.1. The first-order chi connectivity index (χ1) is 10.2. The number of likely N-dealkylation sites (tertiary alicyclic amines) is 1. The van der Waals surface area contributed by atoms with Crippen LogP contribution >= 0.6 is 0 Å². The van der Waals surface area contributed by atoms with Crippen LogP contribution in [-0.2, 0) is 4.79 Å². The normalized spacial score (nSPS) is 18.0. The fourth-order valence-electron chi connectivity index (χ4n) is 2.79. The van der Waals surface area contributed by atoms with Crippen LogP contribution in [0.5, 0.6) is 5.75 Å². The van der Waals surface area contributed by atoms with Crippen molar-refractivity contribution < 1.29 is 9.53 Å². The highest BCUT2D eigenvalue weighted by atomic mass is 16.5. The molecule has 116 valence electrons. The fraction of sp³-hybridized carbons (Fsp3) is 0.588. The first-order valence-electron chi connectivity index (χ1n) is 7.81. The van der Waals surface area contributed by atoms with E-state index in [2.05, 4.69) is 5.32 Å². The molecule has 1 fully saturated rings. The first-order valence-corrected chi connectivity index (χ1v) is 7.81. The predicted octanol–water partition coefficient (Wildman–Crippen LogP) is 2.22. The Morgan fingerprint density at radius 3 is 3.10 bits per heavy atom. The Balaban J connectivity index is 1.63. The first kappa shape index (κ1) is 15.8. The minimum absolute atomic E-state index is 0.265. The fourth-order valence-corrected chi connectivity index (χ4v) is 2.79. The molecule has 21 heavy (non-hydrogen) atoms. The van der Waals surface area contributed by atoms with Crippen LogP contribution in [0.15, 0.2) is 24.3 Å². The Hall–Kier alpha value is -1.55. The Morgan fingerprint density at radius 2 is 2.33 bits per heavy atom. The summed E-state index contributed by atoms with van der Waals surface area (Å²) in [5, 5.41) is 3.19. The van der Waals surface area contributed by atoms with Crippen LogP contribution in [-0.4, -0.2) is 44.1 Å². The molecular formula is C17H26N2O2. The largest absolute Gasteiger partial charge is 0.494 e. The highest BCUT2D eigenvalue weighted by molar-refractivity contribution is 5.76. The second kappa shape index (κ2) is 8.03. The molecule has 1 aliphatic heterocycles. The van der Waals surface area contributed by atoms with E-state index in [-0.39, 0.29) is 5.91 Å². The van der Waals surface area contributed by atoms with Crippen LogP contribution in [0.25, 0.3) is 0 Å². The Labute approximate surface area is 127 Å². The van der Waals surface area contributed by atoms with E-state index in [4.69, 9.17) is 4.74 Å². The van der Waals surface area contributed by atoms with Crippen LogP contribution in [0.4, 0.5) is 0 Å². The molecule has 1 N–H and O–H groups in total. The maximum atomic E-state index is 12.1. The van der Waals surface area contributed by atoms with Crippen LogP contribution in [0, 0.1) is 12.8 Å². The van der Waals surface area contributed by atoms with Crippen molar-refractivity contribution in [3.8, 4) is 5.75 Å². The number of nitrogens with zero attached hydrogens (tertiary/aromatic N) is 1. The minimum Gasteiger partial charge on any atom is -0.494 e. The van der Waals surface area contributed by atoms with Gasteiger partial charge in [-0.05, 0) is 57.0 Å². The van der Waals surface area contributed by atoms with Gasteiger partial charge < -0.3 is 15.0 Å². The number of hydrogen-bond donors (Lipinski definition) is 1. The van der Waals surface area contributed by atoms with Gasteiger partial charge in [-0.25, -0.2) is 0 Å². The highest BCUT2D eigenvalue weighted by Crippen LogP contribution is 2.17. The van der Waals surface area contributed by atoms with Gasteiger partial charge in [-0.15, -0.1) is 0 Å². The second-order valence-corrected chi connectivity index (χ2v) is 5.82. The van der Waals surface area contributed by atoms with Crippen molar-refractivity contribution in [3.63, 3.8) is 0 Å². The summed E-state index contributed by atoms with van der Waals surface area (Å²) in [6, 6.07) is 8.01. The van der Waals surface area contributed by atoms with E-state index in [9.17, 15) is 4.79 Å². The molecule has 0 aromatic heterocycles. The summed E-state index contributed by atoms with van der Waals surface area (Å²) in [6.07, 6.45) is 2.48. The molecule has 1 heterocycles. The van der Waals surface area contributed by atoms with Crippen molar-refractivity contribution in [2.45, 2.75) is 26.2 Å².